The first-order chi connectivity index (χ1) is 11.7. The second-order valence-corrected chi connectivity index (χ2v) is 7.40. The second-order valence-electron chi connectivity index (χ2n) is 7.40. The van der Waals surface area contributed by atoms with Crippen LogP contribution < -0.4 is 10.2 Å². The third kappa shape index (κ3) is 6.24. The highest BCUT2D eigenvalue weighted by Gasteiger charge is 2.09. The van der Waals surface area contributed by atoms with E-state index in [9.17, 15) is 4.79 Å². The lowest BCUT2D eigenvalue weighted by atomic mass is 9.99. The molecule has 4 nitrogen and oxygen atoms in total. The molecule has 0 fully saturated rings. The molecule has 1 heterocycles. The summed E-state index contributed by atoms with van der Waals surface area (Å²) in [6.45, 7) is 11.1. The van der Waals surface area contributed by atoms with E-state index in [1.165, 1.54) is 0 Å². The van der Waals surface area contributed by atoms with Gasteiger partial charge in [0, 0.05) is 29.7 Å². The van der Waals surface area contributed by atoms with E-state index in [2.05, 4.69) is 20.8 Å². The van der Waals surface area contributed by atoms with Crippen molar-refractivity contribution in [2.45, 2.75) is 34.6 Å². The Kier molecular flexibility index (Phi) is 6.21. The number of benzene rings is 1. The van der Waals surface area contributed by atoms with Crippen molar-refractivity contribution in [2.75, 3.05) is 13.4 Å². The van der Waals surface area contributed by atoms with Gasteiger partial charge in [-0.25, -0.2) is 0 Å². The topological polar surface area (TPSA) is 40.5 Å². The van der Waals surface area contributed by atoms with E-state index in [0.29, 0.717) is 6.61 Å². The van der Waals surface area contributed by atoms with Gasteiger partial charge in [-0.1, -0.05) is 32.9 Å². The number of ether oxygens (including phenoxy) is 2. The molecule has 1 aromatic heterocycles. The van der Waals surface area contributed by atoms with Crippen LogP contribution in [0.4, 0.5) is 0 Å². The van der Waals surface area contributed by atoms with Crippen LogP contribution in [-0.2, 0) is 4.74 Å². The molecule has 0 aliphatic heterocycles. The Labute approximate surface area is 149 Å². The maximum Gasteiger partial charge on any atom is 0.189 e. The smallest absolute Gasteiger partial charge is 0.189 e. The van der Waals surface area contributed by atoms with E-state index < -0.39 is 0 Å². The normalized spacial score (nSPS) is 11.9. The Morgan fingerprint density at radius 2 is 1.76 bits per heavy atom. The van der Waals surface area contributed by atoms with Gasteiger partial charge in [-0.05, 0) is 43.0 Å². The van der Waals surface area contributed by atoms with Crippen molar-refractivity contribution < 1.29 is 9.47 Å². The van der Waals surface area contributed by atoms with E-state index in [4.69, 9.17) is 9.47 Å². The lowest BCUT2D eigenvalue weighted by Gasteiger charge is -2.18. The van der Waals surface area contributed by atoms with Crippen LogP contribution in [-0.4, -0.2) is 18.0 Å². The van der Waals surface area contributed by atoms with Crippen molar-refractivity contribution in [3.63, 3.8) is 0 Å². The molecule has 0 aliphatic carbocycles. The maximum atomic E-state index is 11.5. The van der Waals surface area contributed by atoms with Crippen LogP contribution in [0, 0.1) is 19.3 Å². The Balaban J connectivity index is 2.03. The monoisotopic (exact) mass is 341 g/mol. The molecule has 0 spiro atoms. The van der Waals surface area contributed by atoms with E-state index >= 15 is 0 Å². The molecule has 2 aromatic rings. The number of aryl methyl sites for hydroxylation is 2. The Hall–Kier alpha value is -2.33. The van der Waals surface area contributed by atoms with Crippen molar-refractivity contribution >= 4 is 12.3 Å². The van der Waals surface area contributed by atoms with Gasteiger partial charge in [0.2, 0.25) is 0 Å². The SMILES string of the molecule is Cc1cc(=O)cc(C)n1/C=C/c1cccc(OCOCC(C)(C)C)c1. The summed E-state index contributed by atoms with van der Waals surface area (Å²) in [7, 11) is 0. The van der Waals surface area contributed by atoms with Crippen molar-refractivity contribution in [2.24, 2.45) is 5.41 Å². The molecule has 134 valence electrons. The molecule has 2 rings (SSSR count). The number of hydrogen-bond acceptors (Lipinski definition) is 3. The molecule has 0 bridgehead atoms. The predicted molar refractivity (Wildman–Crippen MR) is 103 cm³/mol. The van der Waals surface area contributed by atoms with Crippen LogP contribution in [0.2, 0.25) is 0 Å². The summed E-state index contributed by atoms with van der Waals surface area (Å²) >= 11 is 0. The van der Waals surface area contributed by atoms with Gasteiger partial charge in [0.15, 0.2) is 12.2 Å². The van der Waals surface area contributed by atoms with Crippen LogP contribution in [0.25, 0.3) is 12.3 Å². The third-order valence-corrected chi connectivity index (χ3v) is 3.58. The zero-order valence-electron chi connectivity index (χ0n) is 15.7. The number of aromatic nitrogens is 1. The quantitative estimate of drug-likeness (QED) is 0.574. The van der Waals surface area contributed by atoms with Gasteiger partial charge in [-0.3, -0.25) is 4.79 Å². The van der Waals surface area contributed by atoms with Crippen molar-refractivity contribution in [1.29, 1.82) is 0 Å². The lowest BCUT2D eigenvalue weighted by Crippen LogP contribution is -2.16. The van der Waals surface area contributed by atoms with E-state index in [1.807, 2.05) is 55.0 Å². The van der Waals surface area contributed by atoms with Gasteiger partial charge >= 0.3 is 0 Å². The van der Waals surface area contributed by atoms with E-state index in [1.54, 1.807) is 12.1 Å². The number of hydrogen-bond donors (Lipinski definition) is 0. The zero-order valence-corrected chi connectivity index (χ0v) is 15.7. The van der Waals surface area contributed by atoms with Gasteiger partial charge in [0.25, 0.3) is 0 Å². The molecule has 0 radical (unpaired) electrons. The second kappa shape index (κ2) is 8.17. The molecule has 4 heteroatoms. The summed E-state index contributed by atoms with van der Waals surface area (Å²) in [6, 6.07) is 11.1. The Bertz CT molecular complexity index is 771. The average molecular weight is 341 g/mol. The summed E-state index contributed by atoms with van der Waals surface area (Å²) in [5.74, 6) is 0.768. The van der Waals surface area contributed by atoms with Gasteiger partial charge in [-0.15, -0.1) is 0 Å². The standard InChI is InChI=1S/C21H27NO3/c1-16-11-19(23)12-17(2)22(16)10-9-18-7-6-8-20(13-18)25-15-24-14-21(3,4)5/h6-13H,14-15H2,1-5H3/b10-9+. The van der Waals surface area contributed by atoms with Crippen LogP contribution in [0.1, 0.15) is 37.7 Å². The first kappa shape index (κ1) is 19.0. The fourth-order valence-corrected chi connectivity index (χ4v) is 2.43. The van der Waals surface area contributed by atoms with Crippen molar-refractivity contribution in [1.82, 2.24) is 4.57 Å². The summed E-state index contributed by atoms with van der Waals surface area (Å²) in [5, 5.41) is 0. The average Bonchev–Trinajstić information content (AvgIpc) is 2.50. The van der Waals surface area contributed by atoms with Gasteiger partial charge in [0.1, 0.15) is 5.75 Å². The summed E-state index contributed by atoms with van der Waals surface area (Å²) < 4.78 is 13.2. The van der Waals surface area contributed by atoms with Gasteiger partial charge in [0.05, 0.1) is 6.61 Å². The van der Waals surface area contributed by atoms with Crippen LogP contribution in [0.5, 0.6) is 5.75 Å². The fraction of sp³-hybridized carbons (Fsp3) is 0.381. The van der Waals surface area contributed by atoms with Crippen molar-refractivity contribution in [3.05, 3.63) is 63.6 Å². The first-order valence-electron chi connectivity index (χ1n) is 8.43. The summed E-state index contributed by atoms with van der Waals surface area (Å²) in [5.41, 5.74) is 2.99. The molecular weight excluding hydrogens is 314 g/mol. The molecule has 0 atom stereocenters. The van der Waals surface area contributed by atoms with Gasteiger partial charge < -0.3 is 14.0 Å². The number of pyridine rings is 1. The maximum absolute atomic E-state index is 11.5. The molecule has 0 unspecified atom stereocenters. The minimum atomic E-state index is 0.0327. The van der Waals surface area contributed by atoms with Crippen molar-refractivity contribution in [3.8, 4) is 5.75 Å². The minimum absolute atomic E-state index is 0.0327. The highest BCUT2D eigenvalue weighted by molar-refractivity contribution is 5.62. The summed E-state index contributed by atoms with van der Waals surface area (Å²) in [6.07, 6.45) is 3.95. The van der Waals surface area contributed by atoms with Crippen LogP contribution >= 0.6 is 0 Å². The molecule has 25 heavy (non-hydrogen) atoms. The number of rotatable bonds is 6. The lowest BCUT2D eigenvalue weighted by molar-refractivity contribution is -0.0175. The molecule has 0 aliphatic rings. The highest BCUT2D eigenvalue weighted by atomic mass is 16.7. The fourth-order valence-electron chi connectivity index (χ4n) is 2.43. The Morgan fingerprint density at radius 3 is 2.40 bits per heavy atom. The number of nitrogens with zero attached hydrogens (tertiary/aromatic N) is 1. The molecular formula is C21H27NO3. The van der Waals surface area contributed by atoms with Crippen LogP contribution in [0.15, 0.2) is 41.2 Å². The van der Waals surface area contributed by atoms with E-state index in [-0.39, 0.29) is 17.6 Å². The molecule has 0 saturated heterocycles. The zero-order chi connectivity index (χ0) is 18.4. The van der Waals surface area contributed by atoms with Crippen LogP contribution in [0.3, 0.4) is 0 Å². The van der Waals surface area contributed by atoms with E-state index in [0.717, 1.165) is 22.7 Å². The predicted octanol–water partition coefficient (Wildman–Crippen LogP) is 4.49. The summed E-state index contributed by atoms with van der Waals surface area (Å²) in [4.78, 5) is 11.5. The Morgan fingerprint density at radius 1 is 1.08 bits per heavy atom. The highest BCUT2D eigenvalue weighted by Crippen LogP contribution is 2.17. The molecule has 1 aromatic carbocycles. The molecule has 0 saturated carbocycles. The molecule has 0 amide bonds. The largest absolute Gasteiger partial charge is 0.468 e. The molecule has 0 N–H and O–H groups in total. The third-order valence-electron chi connectivity index (χ3n) is 3.58. The first-order valence-corrected chi connectivity index (χ1v) is 8.43. The van der Waals surface area contributed by atoms with Gasteiger partial charge in [-0.2, -0.15) is 0 Å². The minimum Gasteiger partial charge on any atom is -0.468 e.